The summed E-state index contributed by atoms with van der Waals surface area (Å²) in [5.41, 5.74) is 1.03. The van der Waals surface area contributed by atoms with E-state index in [1.54, 1.807) is 13.4 Å². The molecule has 3 rings (SSSR count). The van der Waals surface area contributed by atoms with Gasteiger partial charge < -0.3 is 24.7 Å². The Balaban J connectivity index is 1.64. The van der Waals surface area contributed by atoms with Crippen LogP contribution in [0.2, 0.25) is 5.02 Å². The first kappa shape index (κ1) is 18.5. The van der Waals surface area contributed by atoms with Crippen molar-refractivity contribution in [3.63, 3.8) is 0 Å². The number of hydrogen-bond donors (Lipinski definition) is 2. The lowest BCUT2D eigenvalue weighted by Crippen LogP contribution is -2.44. The molecule has 0 saturated carbocycles. The van der Waals surface area contributed by atoms with Gasteiger partial charge >= 0.3 is 0 Å². The quantitative estimate of drug-likeness (QED) is 0.598. The Morgan fingerprint density at radius 3 is 3.04 bits per heavy atom. The van der Waals surface area contributed by atoms with Crippen LogP contribution < -0.4 is 20.3 Å². The van der Waals surface area contributed by atoms with E-state index in [0.29, 0.717) is 17.6 Å². The Morgan fingerprint density at radius 2 is 2.31 bits per heavy atom. The molecule has 0 spiro atoms. The summed E-state index contributed by atoms with van der Waals surface area (Å²) in [6.07, 6.45) is 2.68. The molecule has 0 aliphatic carbocycles. The number of aliphatic imine (C=N–C) groups is 1. The molecule has 1 atom stereocenters. The number of ether oxygens (including phenoxy) is 1. The summed E-state index contributed by atoms with van der Waals surface area (Å²) in [5, 5.41) is 7.52. The van der Waals surface area contributed by atoms with Gasteiger partial charge in [-0.1, -0.05) is 11.6 Å². The van der Waals surface area contributed by atoms with Gasteiger partial charge in [0.1, 0.15) is 18.1 Å². The van der Waals surface area contributed by atoms with Crippen molar-refractivity contribution in [3.8, 4) is 5.75 Å². The zero-order valence-corrected chi connectivity index (χ0v) is 15.9. The fourth-order valence-electron chi connectivity index (χ4n) is 3.08. The van der Waals surface area contributed by atoms with Gasteiger partial charge in [0.25, 0.3) is 0 Å². The molecular weight excluding hydrogens is 352 g/mol. The topological polar surface area (TPSA) is 62.0 Å². The minimum atomic E-state index is 0.299. The van der Waals surface area contributed by atoms with E-state index in [4.69, 9.17) is 20.8 Å². The second kappa shape index (κ2) is 8.85. The highest BCUT2D eigenvalue weighted by molar-refractivity contribution is 6.30. The minimum absolute atomic E-state index is 0.299. The van der Waals surface area contributed by atoms with Crippen molar-refractivity contribution in [2.75, 3.05) is 31.6 Å². The van der Waals surface area contributed by atoms with Crippen molar-refractivity contribution in [2.24, 2.45) is 4.99 Å². The summed E-state index contributed by atoms with van der Waals surface area (Å²) in [6.45, 7) is 5.18. The number of rotatable bonds is 6. The van der Waals surface area contributed by atoms with Gasteiger partial charge in [-0.2, -0.15) is 0 Å². The number of furan rings is 1. The van der Waals surface area contributed by atoms with Gasteiger partial charge in [-0.15, -0.1) is 0 Å². The van der Waals surface area contributed by atoms with Crippen molar-refractivity contribution < 1.29 is 9.15 Å². The fourth-order valence-corrected chi connectivity index (χ4v) is 3.25. The lowest BCUT2D eigenvalue weighted by Gasteiger charge is -2.22. The van der Waals surface area contributed by atoms with Crippen LogP contribution in [-0.4, -0.2) is 38.7 Å². The van der Waals surface area contributed by atoms with E-state index in [9.17, 15) is 0 Å². The van der Waals surface area contributed by atoms with E-state index >= 15 is 0 Å². The Hall–Kier alpha value is -2.34. The third kappa shape index (κ3) is 4.64. The van der Waals surface area contributed by atoms with Crippen molar-refractivity contribution in [1.82, 2.24) is 10.6 Å². The number of benzene rings is 1. The molecule has 1 aliphatic heterocycles. The maximum absolute atomic E-state index is 6.17. The van der Waals surface area contributed by atoms with Gasteiger partial charge in [-0.25, -0.2) is 4.99 Å². The molecule has 6 nitrogen and oxygen atoms in total. The molecular formula is C19H25ClN4O2. The summed E-state index contributed by atoms with van der Waals surface area (Å²) in [5.74, 6) is 2.49. The zero-order chi connectivity index (χ0) is 18.4. The molecule has 1 aromatic heterocycles. The number of nitrogens with one attached hydrogen (secondary N) is 2. The van der Waals surface area contributed by atoms with E-state index in [2.05, 4.69) is 27.4 Å². The van der Waals surface area contributed by atoms with E-state index in [0.717, 1.165) is 49.2 Å². The molecule has 0 bridgehead atoms. The van der Waals surface area contributed by atoms with Crippen LogP contribution in [0.15, 0.2) is 46.0 Å². The molecule has 1 fully saturated rings. The number of hydrogen-bond acceptors (Lipinski definition) is 4. The van der Waals surface area contributed by atoms with Gasteiger partial charge in [0.05, 0.1) is 19.1 Å². The monoisotopic (exact) mass is 376 g/mol. The van der Waals surface area contributed by atoms with Crippen molar-refractivity contribution >= 4 is 23.2 Å². The molecule has 1 unspecified atom stereocenters. The molecule has 0 radical (unpaired) electrons. The molecule has 2 heterocycles. The number of guanidine groups is 1. The van der Waals surface area contributed by atoms with Crippen LogP contribution in [0, 0.1) is 0 Å². The Kier molecular flexibility index (Phi) is 6.28. The van der Waals surface area contributed by atoms with Gasteiger partial charge in [0, 0.05) is 30.7 Å². The molecule has 140 valence electrons. The lowest BCUT2D eigenvalue weighted by molar-refractivity contribution is 0.415. The first-order valence-electron chi connectivity index (χ1n) is 8.85. The summed E-state index contributed by atoms with van der Waals surface area (Å²) < 4.78 is 10.8. The second-order valence-corrected chi connectivity index (χ2v) is 6.60. The van der Waals surface area contributed by atoms with Crippen molar-refractivity contribution in [3.05, 3.63) is 47.4 Å². The highest BCUT2D eigenvalue weighted by Crippen LogP contribution is 2.33. The van der Waals surface area contributed by atoms with Gasteiger partial charge in [-0.3, -0.25) is 0 Å². The van der Waals surface area contributed by atoms with Crippen molar-refractivity contribution in [2.45, 2.75) is 25.9 Å². The maximum atomic E-state index is 6.17. The zero-order valence-electron chi connectivity index (χ0n) is 15.2. The normalized spacial score (nSPS) is 17.4. The smallest absolute Gasteiger partial charge is 0.191 e. The predicted molar refractivity (Wildman–Crippen MR) is 105 cm³/mol. The average Bonchev–Trinajstić information content (AvgIpc) is 3.32. The van der Waals surface area contributed by atoms with E-state index < -0.39 is 0 Å². The SMILES string of the molecule is CCNC(=NCc1ccco1)NC1CCN(c2cc(Cl)ccc2OC)C1. The largest absolute Gasteiger partial charge is 0.495 e. The molecule has 0 amide bonds. The van der Waals surface area contributed by atoms with Crippen LogP contribution in [0.5, 0.6) is 5.75 Å². The van der Waals surface area contributed by atoms with Crippen LogP contribution in [-0.2, 0) is 6.54 Å². The fraction of sp³-hybridized carbons (Fsp3) is 0.421. The van der Waals surface area contributed by atoms with Crippen molar-refractivity contribution in [1.29, 1.82) is 0 Å². The molecule has 1 saturated heterocycles. The standard InChI is InChI=1S/C19H25ClN4O2/c1-3-21-19(22-12-16-5-4-10-26-16)23-15-8-9-24(13-15)17-11-14(20)6-7-18(17)25-2/h4-7,10-11,15H,3,8-9,12-13H2,1-2H3,(H2,21,22,23). The Morgan fingerprint density at radius 1 is 1.42 bits per heavy atom. The van der Waals surface area contributed by atoms with Crippen LogP contribution in [0.3, 0.4) is 0 Å². The first-order chi connectivity index (χ1) is 12.7. The maximum Gasteiger partial charge on any atom is 0.191 e. The molecule has 1 aliphatic rings. The number of nitrogens with zero attached hydrogens (tertiary/aromatic N) is 2. The predicted octanol–water partition coefficient (Wildman–Crippen LogP) is 3.28. The summed E-state index contributed by atoms with van der Waals surface area (Å²) in [6, 6.07) is 9.81. The van der Waals surface area contributed by atoms with Crippen LogP contribution in [0.1, 0.15) is 19.1 Å². The summed E-state index contributed by atoms with van der Waals surface area (Å²) in [7, 11) is 1.68. The summed E-state index contributed by atoms with van der Waals surface area (Å²) >= 11 is 6.17. The highest BCUT2D eigenvalue weighted by atomic mass is 35.5. The minimum Gasteiger partial charge on any atom is -0.495 e. The summed E-state index contributed by atoms with van der Waals surface area (Å²) in [4.78, 5) is 6.89. The first-order valence-corrected chi connectivity index (χ1v) is 9.23. The van der Waals surface area contributed by atoms with Gasteiger partial charge in [0.15, 0.2) is 5.96 Å². The van der Waals surface area contributed by atoms with Crippen LogP contribution in [0.4, 0.5) is 5.69 Å². The van der Waals surface area contributed by atoms with Crippen LogP contribution >= 0.6 is 11.6 Å². The van der Waals surface area contributed by atoms with E-state index in [-0.39, 0.29) is 0 Å². The Labute approximate surface area is 159 Å². The highest BCUT2D eigenvalue weighted by Gasteiger charge is 2.25. The third-order valence-electron chi connectivity index (χ3n) is 4.33. The molecule has 7 heteroatoms. The number of halogens is 1. The molecule has 26 heavy (non-hydrogen) atoms. The average molecular weight is 377 g/mol. The van der Waals surface area contributed by atoms with E-state index in [1.165, 1.54) is 0 Å². The van der Waals surface area contributed by atoms with Gasteiger partial charge in [-0.05, 0) is 43.7 Å². The number of anilines is 1. The Bertz CT molecular complexity index is 733. The second-order valence-electron chi connectivity index (χ2n) is 6.17. The molecule has 2 aromatic rings. The van der Waals surface area contributed by atoms with E-state index in [1.807, 2.05) is 30.3 Å². The number of methoxy groups -OCH3 is 1. The molecule has 2 N–H and O–H groups in total. The van der Waals surface area contributed by atoms with Gasteiger partial charge in [0.2, 0.25) is 0 Å². The van der Waals surface area contributed by atoms with Crippen LogP contribution in [0.25, 0.3) is 0 Å². The molecule has 1 aromatic carbocycles. The lowest BCUT2D eigenvalue weighted by atomic mass is 10.2. The third-order valence-corrected chi connectivity index (χ3v) is 4.56.